The van der Waals surface area contributed by atoms with Crippen LogP contribution in [-0.4, -0.2) is 29.9 Å². The van der Waals surface area contributed by atoms with E-state index in [4.69, 9.17) is 14.8 Å². The minimum atomic E-state index is -3.61. The zero-order valence-corrected chi connectivity index (χ0v) is 12.8. The molecule has 1 aromatic rings. The minimum Gasteiger partial charge on any atom is -0.466 e. The molecule has 0 aliphatic carbocycles. The summed E-state index contributed by atoms with van der Waals surface area (Å²) in [7, 11) is -3.61. The lowest BCUT2D eigenvalue weighted by atomic mass is 10.4. The molecule has 9 heteroatoms. The molecule has 21 heavy (non-hydrogen) atoms. The normalized spacial score (nSPS) is 14.6. The van der Waals surface area contributed by atoms with Gasteiger partial charge in [-0.25, -0.2) is 0 Å². The SMILES string of the molecule is CCOC(=O)CC(N=[N+]=[N-])P(=O)(OCC)c1ccccn1. The van der Waals surface area contributed by atoms with Crippen LogP contribution in [0.1, 0.15) is 20.3 Å². The van der Waals surface area contributed by atoms with Crippen LogP contribution >= 0.6 is 7.37 Å². The van der Waals surface area contributed by atoms with Gasteiger partial charge in [0.05, 0.1) is 19.6 Å². The van der Waals surface area contributed by atoms with Gasteiger partial charge in [-0.3, -0.25) is 14.3 Å². The lowest BCUT2D eigenvalue weighted by Gasteiger charge is -2.22. The second-order valence-electron chi connectivity index (χ2n) is 3.90. The lowest BCUT2D eigenvalue weighted by molar-refractivity contribution is -0.143. The molecular formula is C12H17N4O4P. The first-order chi connectivity index (χ1) is 10.1. The number of hydrogen-bond donors (Lipinski definition) is 0. The number of esters is 1. The Labute approximate surface area is 122 Å². The summed E-state index contributed by atoms with van der Waals surface area (Å²) in [5, 5.41) is 3.47. The lowest BCUT2D eigenvalue weighted by Crippen LogP contribution is -2.23. The molecule has 0 amide bonds. The summed E-state index contributed by atoms with van der Waals surface area (Å²) < 4.78 is 23.2. The third-order valence-electron chi connectivity index (χ3n) is 2.52. The summed E-state index contributed by atoms with van der Waals surface area (Å²) in [5.74, 6) is -1.79. The topological polar surface area (TPSA) is 114 Å². The van der Waals surface area contributed by atoms with E-state index in [1.165, 1.54) is 12.3 Å². The molecule has 0 saturated heterocycles. The standard InChI is InChI=1S/C12H17N4O4P/c1-3-19-12(17)9-11(15-16-13)21(18,20-4-2)10-7-5-6-8-14-10/h5-8,11H,3-4,9H2,1-2H3. The maximum Gasteiger partial charge on any atom is 0.306 e. The van der Waals surface area contributed by atoms with Gasteiger partial charge in [0.1, 0.15) is 11.2 Å². The van der Waals surface area contributed by atoms with Crippen molar-refractivity contribution < 1.29 is 18.6 Å². The molecule has 2 unspecified atom stereocenters. The van der Waals surface area contributed by atoms with Crippen LogP contribution in [0.2, 0.25) is 0 Å². The van der Waals surface area contributed by atoms with Crippen LogP contribution in [0.5, 0.6) is 0 Å². The molecule has 1 heterocycles. The van der Waals surface area contributed by atoms with Gasteiger partial charge in [0.2, 0.25) is 0 Å². The quantitative estimate of drug-likeness (QED) is 0.240. The highest BCUT2D eigenvalue weighted by Crippen LogP contribution is 2.52. The van der Waals surface area contributed by atoms with Gasteiger partial charge < -0.3 is 9.26 Å². The maximum atomic E-state index is 13.1. The van der Waals surface area contributed by atoms with Crippen LogP contribution in [0.15, 0.2) is 29.5 Å². The first-order valence-corrected chi connectivity index (χ1v) is 8.13. The Hall–Kier alpha value is -1.88. The van der Waals surface area contributed by atoms with Gasteiger partial charge in [0, 0.05) is 11.1 Å². The molecule has 8 nitrogen and oxygen atoms in total. The number of nitrogens with zero attached hydrogens (tertiary/aromatic N) is 4. The number of hydrogen-bond acceptors (Lipinski definition) is 6. The van der Waals surface area contributed by atoms with Gasteiger partial charge in [0.25, 0.3) is 7.37 Å². The Balaban J connectivity index is 3.17. The van der Waals surface area contributed by atoms with E-state index < -0.39 is 19.1 Å². The average molecular weight is 312 g/mol. The second-order valence-corrected chi connectivity index (χ2v) is 6.40. The fourth-order valence-electron chi connectivity index (χ4n) is 1.69. The van der Waals surface area contributed by atoms with Gasteiger partial charge in [-0.2, -0.15) is 0 Å². The largest absolute Gasteiger partial charge is 0.466 e. The van der Waals surface area contributed by atoms with Crippen LogP contribution in [-0.2, 0) is 18.6 Å². The van der Waals surface area contributed by atoms with Crippen molar-refractivity contribution >= 4 is 18.8 Å². The van der Waals surface area contributed by atoms with Crippen molar-refractivity contribution in [3.05, 3.63) is 34.8 Å². The molecule has 0 aliphatic heterocycles. The Kier molecular flexibility index (Phi) is 6.88. The monoisotopic (exact) mass is 312 g/mol. The molecule has 1 aromatic heterocycles. The van der Waals surface area contributed by atoms with E-state index in [1.54, 1.807) is 26.0 Å². The van der Waals surface area contributed by atoms with Crippen molar-refractivity contribution in [3.8, 4) is 0 Å². The van der Waals surface area contributed by atoms with E-state index in [-0.39, 0.29) is 25.1 Å². The molecule has 0 bridgehead atoms. The van der Waals surface area contributed by atoms with Crippen molar-refractivity contribution in [2.45, 2.75) is 26.1 Å². The molecule has 0 spiro atoms. The Morgan fingerprint density at radius 3 is 2.76 bits per heavy atom. The van der Waals surface area contributed by atoms with Crippen molar-refractivity contribution in [2.75, 3.05) is 13.2 Å². The van der Waals surface area contributed by atoms with Crippen molar-refractivity contribution in [2.24, 2.45) is 5.11 Å². The Morgan fingerprint density at radius 1 is 1.48 bits per heavy atom. The molecule has 0 radical (unpaired) electrons. The highest BCUT2D eigenvalue weighted by molar-refractivity contribution is 7.67. The minimum absolute atomic E-state index is 0.133. The molecule has 2 atom stereocenters. The van der Waals surface area contributed by atoms with E-state index in [1.807, 2.05) is 0 Å². The predicted octanol–water partition coefficient (Wildman–Crippen LogP) is 2.61. The number of carbonyl (C=O) groups is 1. The smallest absolute Gasteiger partial charge is 0.306 e. The number of rotatable bonds is 8. The van der Waals surface area contributed by atoms with E-state index in [2.05, 4.69) is 15.0 Å². The number of ether oxygens (including phenoxy) is 1. The summed E-state index contributed by atoms with van der Waals surface area (Å²) in [6.07, 6.45) is 1.13. The molecule has 1 rings (SSSR count). The maximum absolute atomic E-state index is 13.1. The first-order valence-electron chi connectivity index (χ1n) is 6.44. The molecule has 0 saturated carbocycles. The van der Waals surface area contributed by atoms with Gasteiger partial charge in [-0.15, -0.1) is 0 Å². The van der Waals surface area contributed by atoms with E-state index in [0.717, 1.165) is 0 Å². The van der Waals surface area contributed by atoms with E-state index >= 15 is 0 Å². The van der Waals surface area contributed by atoms with Gasteiger partial charge in [-0.05, 0) is 31.5 Å². The summed E-state index contributed by atoms with van der Waals surface area (Å²) >= 11 is 0. The summed E-state index contributed by atoms with van der Waals surface area (Å²) in [6, 6.07) is 4.82. The first kappa shape index (κ1) is 17.2. The van der Waals surface area contributed by atoms with Crippen molar-refractivity contribution in [1.82, 2.24) is 4.98 Å². The zero-order chi connectivity index (χ0) is 15.7. The third kappa shape index (κ3) is 4.56. The van der Waals surface area contributed by atoms with Crippen LogP contribution in [0.25, 0.3) is 10.4 Å². The van der Waals surface area contributed by atoms with Crippen LogP contribution in [0.3, 0.4) is 0 Å². The molecule has 0 N–H and O–H groups in total. The van der Waals surface area contributed by atoms with Crippen LogP contribution in [0.4, 0.5) is 0 Å². The van der Waals surface area contributed by atoms with Gasteiger partial charge in [0.15, 0.2) is 0 Å². The molecule has 114 valence electrons. The summed E-state index contributed by atoms with van der Waals surface area (Å²) in [5.41, 5.74) is 8.83. The highest BCUT2D eigenvalue weighted by atomic mass is 31.2. The second kappa shape index (κ2) is 8.42. The van der Waals surface area contributed by atoms with E-state index in [0.29, 0.717) is 0 Å². The number of aromatic nitrogens is 1. The van der Waals surface area contributed by atoms with Gasteiger partial charge in [-0.1, -0.05) is 11.2 Å². The predicted molar refractivity (Wildman–Crippen MR) is 77.3 cm³/mol. The summed E-state index contributed by atoms with van der Waals surface area (Å²) in [4.78, 5) is 18.3. The molecule has 0 aliphatic rings. The fourth-order valence-corrected chi connectivity index (χ4v) is 3.78. The average Bonchev–Trinajstić information content (AvgIpc) is 2.48. The Morgan fingerprint density at radius 2 is 2.24 bits per heavy atom. The van der Waals surface area contributed by atoms with Crippen LogP contribution in [0, 0.1) is 0 Å². The number of pyridine rings is 1. The van der Waals surface area contributed by atoms with Gasteiger partial charge >= 0.3 is 5.97 Å². The zero-order valence-electron chi connectivity index (χ0n) is 11.9. The molecular weight excluding hydrogens is 295 g/mol. The highest BCUT2D eigenvalue weighted by Gasteiger charge is 2.38. The number of carbonyl (C=O) groups excluding carboxylic acids is 1. The van der Waals surface area contributed by atoms with Crippen LogP contribution < -0.4 is 5.44 Å². The Bertz CT molecular complexity index is 560. The fraction of sp³-hybridized carbons (Fsp3) is 0.500. The third-order valence-corrected chi connectivity index (χ3v) is 5.14. The van der Waals surface area contributed by atoms with E-state index in [9.17, 15) is 9.36 Å². The number of azide groups is 1. The molecule has 0 fully saturated rings. The van der Waals surface area contributed by atoms with Crippen molar-refractivity contribution in [3.63, 3.8) is 0 Å². The summed E-state index contributed by atoms with van der Waals surface area (Å²) in [6.45, 7) is 3.63. The molecule has 0 aromatic carbocycles. The van der Waals surface area contributed by atoms with Crippen molar-refractivity contribution in [1.29, 1.82) is 0 Å².